The number of hydrogen-bond donors (Lipinski definition) is 1. The summed E-state index contributed by atoms with van der Waals surface area (Å²) in [5.41, 5.74) is 5.60. The molecule has 0 saturated carbocycles. The average Bonchev–Trinajstić information content (AvgIpc) is 2.64. The molecular formula is C22H45N2NaO2. The molecule has 0 bridgehead atoms. The van der Waals surface area contributed by atoms with Crippen LogP contribution in [0.4, 0.5) is 0 Å². The number of nitrogens with zero attached hydrogens (tertiary/aromatic N) is 1. The largest absolute Gasteiger partial charge is 1.00 e. The van der Waals surface area contributed by atoms with Crippen molar-refractivity contribution < 1.29 is 40.6 Å². The fourth-order valence-electron chi connectivity index (χ4n) is 3.25. The Morgan fingerprint density at radius 2 is 1.00 bits per heavy atom. The van der Waals surface area contributed by atoms with Crippen LogP contribution in [-0.4, -0.2) is 29.8 Å². The van der Waals surface area contributed by atoms with E-state index in [1.54, 1.807) is 0 Å². The summed E-state index contributed by atoms with van der Waals surface area (Å²) in [4.78, 5) is 26.1. The molecule has 0 aromatic rings. The number of carbonyl (C=O) groups excluding carboxylic acids is 2. The number of hydrogen-bond acceptors (Lipinski definition) is 3. The van der Waals surface area contributed by atoms with Crippen LogP contribution in [0.2, 0.25) is 0 Å². The molecular weight excluding hydrogens is 347 g/mol. The number of rotatable bonds is 18. The molecule has 2 N–H and O–H groups in total. The molecule has 0 saturated heterocycles. The Labute approximate surface area is 192 Å². The van der Waals surface area contributed by atoms with E-state index in [1.165, 1.54) is 69.1 Å². The van der Waals surface area contributed by atoms with E-state index in [9.17, 15) is 9.59 Å². The van der Waals surface area contributed by atoms with E-state index in [4.69, 9.17) is 5.73 Å². The van der Waals surface area contributed by atoms with Crippen LogP contribution in [0.1, 0.15) is 118 Å². The van der Waals surface area contributed by atoms with Crippen LogP contribution >= 0.6 is 0 Å². The second kappa shape index (κ2) is 22.4. The Hall–Kier alpha value is 0.1000. The molecule has 0 fully saturated rings. The Morgan fingerprint density at radius 3 is 1.33 bits per heavy atom. The second-order valence-electron chi connectivity index (χ2n) is 7.47. The second-order valence-corrected chi connectivity index (χ2v) is 7.47. The van der Waals surface area contributed by atoms with Gasteiger partial charge in [0.15, 0.2) is 0 Å². The summed E-state index contributed by atoms with van der Waals surface area (Å²) in [7, 11) is 0. The molecule has 0 rings (SSSR count). The minimum atomic E-state index is -0.0306. The van der Waals surface area contributed by atoms with Crippen LogP contribution in [0.25, 0.3) is 0 Å². The summed E-state index contributed by atoms with van der Waals surface area (Å²) in [5, 5.41) is 0. The molecule has 0 aliphatic heterocycles. The van der Waals surface area contributed by atoms with Crippen LogP contribution in [0.5, 0.6) is 0 Å². The van der Waals surface area contributed by atoms with Crippen molar-refractivity contribution >= 4 is 11.8 Å². The first-order valence-corrected chi connectivity index (χ1v) is 11.2. The Bertz CT molecular complexity index is 327. The van der Waals surface area contributed by atoms with Crippen molar-refractivity contribution in [3.63, 3.8) is 0 Å². The molecule has 0 aliphatic carbocycles. The molecule has 27 heavy (non-hydrogen) atoms. The van der Waals surface area contributed by atoms with Crippen molar-refractivity contribution in [2.24, 2.45) is 5.73 Å². The smallest absolute Gasteiger partial charge is 1.00 e. The van der Waals surface area contributed by atoms with Crippen molar-refractivity contribution in [1.29, 1.82) is 0 Å². The summed E-state index contributed by atoms with van der Waals surface area (Å²) in [6.07, 6.45) is 17.5. The standard InChI is InChI=1S/C22H44N2O2.Na.H/c1-3-5-7-9-11-13-15-17-21(25)24(20-19-23)22(26)18-16-14-12-10-8-6-4-2;;/h3-20,23H2,1-2H3;;/q;+1;-1. The van der Waals surface area contributed by atoms with E-state index in [1.807, 2.05) is 0 Å². The van der Waals surface area contributed by atoms with Gasteiger partial charge in [0, 0.05) is 25.9 Å². The zero-order chi connectivity index (χ0) is 19.5. The summed E-state index contributed by atoms with van der Waals surface area (Å²) in [5.74, 6) is -0.0612. The topological polar surface area (TPSA) is 63.4 Å². The summed E-state index contributed by atoms with van der Waals surface area (Å²) >= 11 is 0. The zero-order valence-electron chi connectivity index (χ0n) is 19.6. The summed E-state index contributed by atoms with van der Waals surface area (Å²) < 4.78 is 0. The van der Waals surface area contributed by atoms with E-state index in [0.717, 1.165) is 25.7 Å². The van der Waals surface area contributed by atoms with Gasteiger partial charge in [-0.05, 0) is 12.8 Å². The van der Waals surface area contributed by atoms with E-state index < -0.39 is 0 Å². The molecule has 0 heterocycles. The van der Waals surface area contributed by atoms with Gasteiger partial charge in [-0.2, -0.15) is 0 Å². The number of unbranched alkanes of at least 4 members (excludes halogenated alkanes) is 12. The quantitative estimate of drug-likeness (QED) is 0.288. The molecule has 2 amide bonds. The van der Waals surface area contributed by atoms with Crippen molar-refractivity contribution in [2.45, 2.75) is 117 Å². The monoisotopic (exact) mass is 392 g/mol. The Balaban J connectivity index is -0.00000312. The van der Waals surface area contributed by atoms with E-state index >= 15 is 0 Å². The maximum absolute atomic E-state index is 12.4. The number of imide groups is 1. The minimum Gasteiger partial charge on any atom is -1.00 e. The predicted octanol–water partition coefficient (Wildman–Crippen LogP) is 2.70. The van der Waals surface area contributed by atoms with Gasteiger partial charge in [0.25, 0.3) is 0 Å². The van der Waals surface area contributed by atoms with Crippen LogP contribution in [-0.2, 0) is 9.59 Å². The predicted molar refractivity (Wildman–Crippen MR) is 112 cm³/mol. The molecule has 4 nitrogen and oxygen atoms in total. The molecule has 0 atom stereocenters. The first-order chi connectivity index (χ1) is 12.7. The average molecular weight is 393 g/mol. The normalized spacial score (nSPS) is 10.5. The van der Waals surface area contributed by atoms with Gasteiger partial charge in [-0.1, -0.05) is 90.9 Å². The van der Waals surface area contributed by atoms with Crippen LogP contribution in [0.15, 0.2) is 0 Å². The van der Waals surface area contributed by atoms with Gasteiger partial charge in [0.1, 0.15) is 0 Å². The molecule has 0 aliphatic rings. The maximum atomic E-state index is 12.4. The van der Waals surface area contributed by atoms with Gasteiger partial charge in [0.05, 0.1) is 0 Å². The fraction of sp³-hybridized carbons (Fsp3) is 0.909. The van der Waals surface area contributed by atoms with Crippen molar-refractivity contribution in [3.05, 3.63) is 0 Å². The van der Waals surface area contributed by atoms with Gasteiger partial charge < -0.3 is 7.16 Å². The molecule has 156 valence electrons. The van der Waals surface area contributed by atoms with E-state index in [-0.39, 0.29) is 42.8 Å². The third-order valence-electron chi connectivity index (χ3n) is 4.94. The summed E-state index contributed by atoms with van der Waals surface area (Å²) in [6, 6.07) is 0. The molecule has 0 unspecified atom stereocenters. The molecule has 5 heteroatoms. The first-order valence-electron chi connectivity index (χ1n) is 11.2. The SMILES string of the molecule is CCCCCCCCCC(=O)N(CCN)C(=O)CCCCCCCCC.[H-].[Na+]. The number of carbonyl (C=O) groups is 2. The summed E-state index contributed by atoms with van der Waals surface area (Å²) in [6.45, 7) is 5.15. The Morgan fingerprint density at radius 1 is 0.667 bits per heavy atom. The number of nitrogens with two attached hydrogens (primary N) is 1. The third kappa shape index (κ3) is 17.9. The minimum absolute atomic E-state index is 0. The van der Waals surface area contributed by atoms with Gasteiger partial charge in [-0.25, -0.2) is 0 Å². The van der Waals surface area contributed by atoms with Gasteiger partial charge in [-0.3, -0.25) is 14.5 Å². The van der Waals surface area contributed by atoms with Crippen molar-refractivity contribution in [2.75, 3.05) is 13.1 Å². The Kier molecular flexibility index (Phi) is 24.3. The van der Waals surface area contributed by atoms with E-state index in [2.05, 4.69) is 13.8 Å². The van der Waals surface area contributed by atoms with Crippen LogP contribution < -0.4 is 35.3 Å². The van der Waals surface area contributed by atoms with Crippen molar-refractivity contribution in [1.82, 2.24) is 4.90 Å². The molecule has 0 aromatic heterocycles. The molecule has 0 aromatic carbocycles. The van der Waals surface area contributed by atoms with Crippen LogP contribution in [0.3, 0.4) is 0 Å². The van der Waals surface area contributed by atoms with Crippen LogP contribution in [0, 0.1) is 0 Å². The maximum Gasteiger partial charge on any atom is 1.00 e. The van der Waals surface area contributed by atoms with Gasteiger partial charge in [0.2, 0.25) is 11.8 Å². The molecule has 0 radical (unpaired) electrons. The van der Waals surface area contributed by atoms with Crippen molar-refractivity contribution in [3.8, 4) is 0 Å². The first kappa shape index (κ1) is 29.3. The fourth-order valence-corrected chi connectivity index (χ4v) is 3.25. The van der Waals surface area contributed by atoms with Gasteiger partial charge in [-0.15, -0.1) is 0 Å². The van der Waals surface area contributed by atoms with Gasteiger partial charge >= 0.3 is 29.6 Å². The third-order valence-corrected chi connectivity index (χ3v) is 4.94. The zero-order valence-corrected chi connectivity index (χ0v) is 20.6. The van der Waals surface area contributed by atoms with E-state index in [0.29, 0.717) is 25.9 Å². The number of amides is 2. The molecule has 0 spiro atoms.